The average molecular weight is 415 g/mol. The number of piperazine rings is 1. The van der Waals surface area contributed by atoms with Gasteiger partial charge in [-0.2, -0.15) is 4.31 Å². The first kappa shape index (κ1) is 19.8. The number of aromatic nitrogens is 1. The molecule has 154 valence electrons. The van der Waals surface area contributed by atoms with Crippen molar-refractivity contribution in [1.82, 2.24) is 14.2 Å². The molecule has 4 rings (SSSR count). The lowest BCUT2D eigenvalue weighted by molar-refractivity contribution is 0.0742. The van der Waals surface area contributed by atoms with Crippen LogP contribution >= 0.6 is 0 Å². The van der Waals surface area contributed by atoms with Gasteiger partial charge in [-0.1, -0.05) is 24.6 Å². The van der Waals surface area contributed by atoms with Crippen LogP contribution in [0.1, 0.15) is 29.6 Å². The van der Waals surface area contributed by atoms with Gasteiger partial charge in [0.25, 0.3) is 5.91 Å². The van der Waals surface area contributed by atoms with Crippen LogP contribution in [0.15, 0.2) is 53.6 Å². The smallest absolute Gasteiger partial charge is 0.255 e. The molecule has 8 heteroatoms. The largest absolute Gasteiger partial charge is 0.353 e. The van der Waals surface area contributed by atoms with Crippen molar-refractivity contribution >= 4 is 21.7 Å². The Labute approximate surface area is 172 Å². The molecule has 0 radical (unpaired) electrons. The minimum Gasteiger partial charge on any atom is -0.353 e. The fraction of sp³-hybridized carbons (Fsp3) is 0.429. The monoisotopic (exact) mass is 414 g/mol. The maximum atomic E-state index is 13.2. The van der Waals surface area contributed by atoms with Crippen LogP contribution in [0.2, 0.25) is 0 Å². The van der Waals surface area contributed by atoms with E-state index >= 15 is 0 Å². The topological polar surface area (TPSA) is 73.8 Å². The summed E-state index contributed by atoms with van der Waals surface area (Å²) in [6.07, 6.45) is 4.54. The highest BCUT2D eigenvalue weighted by atomic mass is 32.2. The SMILES string of the molecule is O=C(c1ccccc1S(=O)(=O)N1CCCCC1)N1CCN(c2ccccn2)CC1. The van der Waals surface area contributed by atoms with Crippen LogP contribution in [0.5, 0.6) is 0 Å². The highest BCUT2D eigenvalue weighted by Gasteiger charge is 2.32. The second kappa shape index (κ2) is 8.51. The highest BCUT2D eigenvalue weighted by Crippen LogP contribution is 2.25. The van der Waals surface area contributed by atoms with Gasteiger partial charge in [0, 0.05) is 45.5 Å². The quantitative estimate of drug-likeness (QED) is 0.767. The Kier molecular flexibility index (Phi) is 5.82. The molecule has 0 spiro atoms. The Morgan fingerprint density at radius 1 is 0.828 bits per heavy atom. The first-order valence-electron chi connectivity index (χ1n) is 10.1. The van der Waals surface area contributed by atoms with Gasteiger partial charge in [-0.25, -0.2) is 13.4 Å². The number of anilines is 1. The van der Waals surface area contributed by atoms with Crippen LogP contribution in [-0.2, 0) is 10.0 Å². The molecule has 7 nitrogen and oxygen atoms in total. The number of rotatable bonds is 4. The molecule has 0 bridgehead atoms. The van der Waals surface area contributed by atoms with E-state index in [-0.39, 0.29) is 16.4 Å². The summed E-state index contributed by atoms with van der Waals surface area (Å²) < 4.78 is 27.9. The lowest BCUT2D eigenvalue weighted by Gasteiger charge is -2.35. The number of hydrogen-bond acceptors (Lipinski definition) is 5. The van der Waals surface area contributed by atoms with E-state index < -0.39 is 10.0 Å². The molecule has 1 aromatic carbocycles. The molecule has 0 saturated carbocycles. The Hall–Kier alpha value is -2.45. The predicted molar refractivity (Wildman–Crippen MR) is 111 cm³/mol. The zero-order chi connectivity index (χ0) is 20.3. The maximum Gasteiger partial charge on any atom is 0.255 e. The van der Waals surface area contributed by atoms with Crippen LogP contribution < -0.4 is 4.90 Å². The minimum atomic E-state index is -3.66. The molecule has 2 aliphatic heterocycles. The van der Waals surface area contributed by atoms with E-state index in [4.69, 9.17) is 0 Å². The zero-order valence-corrected chi connectivity index (χ0v) is 17.2. The Balaban J connectivity index is 1.51. The maximum absolute atomic E-state index is 13.2. The first-order chi connectivity index (χ1) is 14.1. The van der Waals surface area contributed by atoms with E-state index in [1.54, 1.807) is 35.4 Å². The van der Waals surface area contributed by atoms with Crippen LogP contribution in [-0.4, -0.2) is 67.8 Å². The van der Waals surface area contributed by atoms with E-state index in [1.807, 2.05) is 18.2 Å². The van der Waals surface area contributed by atoms with Gasteiger partial charge >= 0.3 is 0 Å². The fourth-order valence-electron chi connectivity index (χ4n) is 3.96. The van der Waals surface area contributed by atoms with E-state index in [1.165, 1.54) is 4.31 Å². The molecule has 0 atom stereocenters. The lowest BCUT2D eigenvalue weighted by atomic mass is 10.2. The molecule has 1 amide bonds. The van der Waals surface area contributed by atoms with Gasteiger partial charge in [-0.15, -0.1) is 0 Å². The van der Waals surface area contributed by atoms with Crippen molar-refractivity contribution < 1.29 is 13.2 Å². The third kappa shape index (κ3) is 4.13. The van der Waals surface area contributed by atoms with Gasteiger partial charge in [-0.05, 0) is 37.1 Å². The van der Waals surface area contributed by atoms with Gasteiger partial charge in [0.1, 0.15) is 5.82 Å². The van der Waals surface area contributed by atoms with Crippen LogP contribution in [0.4, 0.5) is 5.82 Å². The average Bonchev–Trinajstić information content (AvgIpc) is 2.80. The Morgan fingerprint density at radius 2 is 1.52 bits per heavy atom. The van der Waals surface area contributed by atoms with Gasteiger partial charge in [0.05, 0.1) is 10.5 Å². The third-order valence-electron chi connectivity index (χ3n) is 5.59. The molecule has 0 N–H and O–H groups in total. The second-order valence-corrected chi connectivity index (χ2v) is 9.33. The minimum absolute atomic E-state index is 0.124. The molecular weight excluding hydrogens is 388 g/mol. The predicted octanol–water partition coefficient (Wildman–Crippen LogP) is 2.22. The number of sulfonamides is 1. The van der Waals surface area contributed by atoms with Crippen molar-refractivity contribution in [3.8, 4) is 0 Å². The van der Waals surface area contributed by atoms with Crippen molar-refractivity contribution in [2.24, 2.45) is 0 Å². The standard InChI is InChI=1S/C21H26N4O3S/c26-21(24-16-14-23(15-17-24)20-10-4-5-11-22-20)18-8-2-3-9-19(18)29(27,28)25-12-6-1-7-13-25/h2-5,8-11H,1,6-7,12-17H2. The Bertz CT molecular complexity index is 951. The summed E-state index contributed by atoms with van der Waals surface area (Å²) in [4.78, 5) is 21.6. The summed E-state index contributed by atoms with van der Waals surface area (Å²) in [5.74, 6) is 0.675. The molecule has 0 unspecified atom stereocenters. The lowest BCUT2D eigenvalue weighted by Crippen LogP contribution is -2.49. The molecule has 2 fully saturated rings. The van der Waals surface area contributed by atoms with E-state index in [2.05, 4.69) is 9.88 Å². The molecular formula is C21H26N4O3S. The summed E-state index contributed by atoms with van der Waals surface area (Å²) in [6, 6.07) is 12.4. The van der Waals surface area contributed by atoms with Gasteiger partial charge in [-0.3, -0.25) is 4.79 Å². The number of nitrogens with zero attached hydrogens (tertiary/aromatic N) is 4. The van der Waals surface area contributed by atoms with Crippen molar-refractivity contribution in [3.63, 3.8) is 0 Å². The van der Waals surface area contributed by atoms with Gasteiger partial charge in [0.2, 0.25) is 10.0 Å². The molecule has 29 heavy (non-hydrogen) atoms. The molecule has 2 aliphatic rings. The summed E-state index contributed by atoms with van der Waals surface area (Å²) in [7, 11) is -3.66. The van der Waals surface area contributed by atoms with Crippen LogP contribution in [0.25, 0.3) is 0 Å². The summed E-state index contributed by atoms with van der Waals surface area (Å²) >= 11 is 0. The zero-order valence-electron chi connectivity index (χ0n) is 16.4. The van der Waals surface area contributed by atoms with Crippen LogP contribution in [0, 0.1) is 0 Å². The molecule has 2 aromatic rings. The first-order valence-corrected chi connectivity index (χ1v) is 11.6. The number of carbonyl (C=O) groups excluding carboxylic acids is 1. The Morgan fingerprint density at radius 3 is 2.21 bits per heavy atom. The summed E-state index contributed by atoms with van der Waals surface area (Å²) in [5, 5.41) is 0. The van der Waals surface area contributed by atoms with Crippen molar-refractivity contribution in [1.29, 1.82) is 0 Å². The van der Waals surface area contributed by atoms with E-state index in [0.29, 0.717) is 39.3 Å². The fourth-order valence-corrected chi connectivity index (χ4v) is 5.66. The molecule has 0 aliphatic carbocycles. The van der Waals surface area contributed by atoms with Gasteiger partial charge in [0.15, 0.2) is 0 Å². The normalized spacial score (nSPS) is 18.6. The number of carbonyl (C=O) groups is 1. The highest BCUT2D eigenvalue weighted by molar-refractivity contribution is 7.89. The van der Waals surface area contributed by atoms with E-state index in [9.17, 15) is 13.2 Å². The number of hydrogen-bond donors (Lipinski definition) is 0. The van der Waals surface area contributed by atoms with Crippen molar-refractivity contribution in [3.05, 3.63) is 54.2 Å². The van der Waals surface area contributed by atoms with Crippen LogP contribution in [0.3, 0.4) is 0 Å². The molecule has 1 aromatic heterocycles. The second-order valence-electron chi connectivity index (χ2n) is 7.43. The third-order valence-corrected chi connectivity index (χ3v) is 7.55. The number of amides is 1. The van der Waals surface area contributed by atoms with E-state index in [0.717, 1.165) is 25.1 Å². The number of pyridine rings is 1. The van der Waals surface area contributed by atoms with Crippen molar-refractivity contribution in [2.75, 3.05) is 44.2 Å². The number of piperidine rings is 1. The van der Waals surface area contributed by atoms with Gasteiger partial charge < -0.3 is 9.80 Å². The van der Waals surface area contributed by atoms with Crippen molar-refractivity contribution in [2.45, 2.75) is 24.2 Å². The molecule has 3 heterocycles. The molecule has 2 saturated heterocycles. The summed E-state index contributed by atoms with van der Waals surface area (Å²) in [6.45, 7) is 3.45. The number of benzene rings is 1. The summed E-state index contributed by atoms with van der Waals surface area (Å²) in [5.41, 5.74) is 0.268.